The highest BCUT2D eigenvalue weighted by atomic mass is 79.9. The number of nitrogens with one attached hydrogen (secondary N) is 1. The van der Waals surface area contributed by atoms with Crippen LogP contribution in [0.3, 0.4) is 0 Å². The first-order valence-electron chi connectivity index (χ1n) is 8.01. The van der Waals surface area contributed by atoms with Crippen molar-refractivity contribution in [3.8, 4) is 0 Å². The van der Waals surface area contributed by atoms with Crippen LogP contribution in [0.4, 0.5) is 5.69 Å². The number of aliphatic hydroxyl groups excluding tert-OH is 1. The predicted molar refractivity (Wildman–Crippen MR) is 92.8 cm³/mol. The smallest absolute Gasteiger partial charge is 0.0447 e. The fourth-order valence-electron chi connectivity index (χ4n) is 2.73. The number of anilines is 1. The number of halogens is 1. The molecule has 0 aliphatic heterocycles. The van der Waals surface area contributed by atoms with Gasteiger partial charge in [0.15, 0.2) is 0 Å². The lowest BCUT2D eigenvalue weighted by Crippen LogP contribution is -2.42. The van der Waals surface area contributed by atoms with Gasteiger partial charge in [-0.05, 0) is 49.4 Å². The fraction of sp³-hybridized carbons (Fsp3) is 0.647. The molecule has 0 unspecified atom stereocenters. The summed E-state index contributed by atoms with van der Waals surface area (Å²) >= 11 is 3.59. The van der Waals surface area contributed by atoms with Crippen LogP contribution in [-0.4, -0.2) is 30.3 Å². The second-order valence-electron chi connectivity index (χ2n) is 6.16. The number of aliphatic hydroxyl groups is 1. The van der Waals surface area contributed by atoms with Gasteiger partial charge in [0.1, 0.15) is 0 Å². The van der Waals surface area contributed by atoms with Gasteiger partial charge in [-0.2, -0.15) is 0 Å². The summed E-state index contributed by atoms with van der Waals surface area (Å²) < 4.78 is 1.13. The van der Waals surface area contributed by atoms with E-state index in [1.165, 1.54) is 30.5 Å². The molecule has 1 saturated carbocycles. The Kier molecular flexibility index (Phi) is 6.52. The van der Waals surface area contributed by atoms with Gasteiger partial charge in [-0.3, -0.25) is 0 Å². The molecule has 0 aromatic heterocycles. The molecule has 1 aromatic carbocycles. The second-order valence-corrected chi connectivity index (χ2v) is 7.08. The van der Waals surface area contributed by atoms with Crippen LogP contribution in [0, 0.1) is 0 Å². The maximum atomic E-state index is 9.18. The standard InChI is InChI=1S/C17H27BrN2O/c1-13(2)19-12-14-11-15(18)7-8-17(14)20(9-4-10-21)16-5-3-6-16/h7-8,11,13,16,19,21H,3-6,9-10,12H2,1-2H3. The Labute approximate surface area is 136 Å². The van der Waals surface area contributed by atoms with Crippen molar-refractivity contribution in [1.82, 2.24) is 5.32 Å². The topological polar surface area (TPSA) is 35.5 Å². The molecule has 0 amide bonds. The van der Waals surface area contributed by atoms with Crippen LogP contribution in [0.2, 0.25) is 0 Å². The highest BCUT2D eigenvalue weighted by molar-refractivity contribution is 9.10. The van der Waals surface area contributed by atoms with Gasteiger partial charge in [-0.1, -0.05) is 29.8 Å². The first kappa shape index (κ1) is 16.8. The third-order valence-electron chi connectivity index (χ3n) is 4.12. The van der Waals surface area contributed by atoms with Crippen LogP contribution in [-0.2, 0) is 6.54 Å². The Hall–Kier alpha value is -0.580. The molecule has 1 aromatic rings. The normalized spacial score (nSPS) is 15.3. The molecular weight excluding hydrogens is 328 g/mol. The number of nitrogens with zero attached hydrogens (tertiary/aromatic N) is 1. The van der Waals surface area contributed by atoms with Crippen LogP contribution in [0.25, 0.3) is 0 Å². The average molecular weight is 355 g/mol. The first-order valence-corrected chi connectivity index (χ1v) is 8.80. The Morgan fingerprint density at radius 1 is 1.38 bits per heavy atom. The number of rotatable bonds is 8. The maximum absolute atomic E-state index is 9.18. The van der Waals surface area contributed by atoms with Crippen LogP contribution in [0.1, 0.15) is 45.1 Å². The molecule has 2 rings (SSSR count). The summed E-state index contributed by atoms with van der Waals surface area (Å²) in [7, 11) is 0. The SMILES string of the molecule is CC(C)NCc1cc(Br)ccc1N(CCCO)C1CCC1. The van der Waals surface area contributed by atoms with E-state index < -0.39 is 0 Å². The molecular formula is C17H27BrN2O. The summed E-state index contributed by atoms with van der Waals surface area (Å²) in [5.74, 6) is 0. The molecule has 0 bridgehead atoms. The van der Waals surface area contributed by atoms with Crippen molar-refractivity contribution in [2.24, 2.45) is 0 Å². The molecule has 1 aliphatic rings. The first-order chi connectivity index (χ1) is 10.1. The summed E-state index contributed by atoms with van der Waals surface area (Å²) in [6.07, 6.45) is 4.72. The van der Waals surface area contributed by atoms with E-state index in [4.69, 9.17) is 0 Å². The van der Waals surface area contributed by atoms with E-state index >= 15 is 0 Å². The molecule has 0 atom stereocenters. The average Bonchev–Trinajstić information content (AvgIpc) is 2.39. The van der Waals surface area contributed by atoms with Gasteiger partial charge < -0.3 is 15.3 Å². The lowest BCUT2D eigenvalue weighted by molar-refractivity contribution is 0.283. The zero-order valence-corrected chi connectivity index (χ0v) is 14.7. The maximum Gasteiger partial charge on any atom is 0.0447 e. The molecule has 3 nitrogen and oxygen atoms in total. The van der Waals surface area contributed by atoms with Crippen molar-refractivity contribution >= 4 is 21.6 Å². The van der Waals surface area contributed by atoms with Crippen LogP contribution in [0.15, 0.2) is 22.7 Å². The Bertz CT molecular complexity index is 446. The summed E-state index contributed by atoms with van der Waals surface area (Å²) in [5.41, 5.74) is 2.66. The van der Waals surface area contributed by atoms with Gasteiger partial charge >= 0.3 is 0 Å². The lowest BCUT2D eigenvalue weighted by atomic mass is 9.90. The molecule has 0 heterocycles. The van der Waals surface area contributed by atoms with Crippen molar-refractivity contribution in [3.05, 3.63) is 28.2 Å². The molecule has 4 heteroatoms. The number of hydrogen-bond donors (Lipinski definition) is 2. The van der Waals surface area contributed by atoms with E-state index in [2.05, 4.69) is 58.2 Å². The van der Waals surface area contributed by atoms with Crippen molar-refractivity contribution in [1.29, 1.82) is 0 Å². The molecule has 0 radical (unpaired) electrons. The van der Waals surface area contributed by atoms with E-state index in [0.29, 0.717) is 12.1 Å². The number of benzene rings is 1. The zero-order valence-electron chi connectivity index (χ0n) is 13.1. The van der Waals surface area contributed by atoms with Crippen LogP contribution >= 0.6 is 15.9 Å². The molecule has 2 N–H and O–H groups in total. The van der Waals surface area contributed by atoms with Crippen LogP contribution in [0.5, 0.6) is 0 Å². The molecule has 21 heavy (non-hydrogen) atoms. The molecule has 1 aliphatic carbocycles. The summed E-state index contributed by atoms with van der Waals surface area (Å²) in [6.45, 7) is 6.44. The predicted octanol–water partition coefficient (Wildman–Crippen LogP) is 3.69. The summed E-state index contributed by atoms with van der Waals surface area (Å²) in [6, 6.07) is 7.69. The highest BCUT2D eigenvalue weighted by Gasteiger charge is 2.26. The molecule has 0 saturated heterocycles. The zero-order chi connectivity index (χ0) is 15.2. The Balaban J connectivity index is 2.20. The van der Waals surface area contributed by atoms with E-state index in [1.54, 1.807) is 0 Å². The number of hydrogen-bond acceptors (Lipinski definition) is 3. The summed E-state index contributed by atoms with van der Waals surface area (Å²) in [5, 5.41) is 12.7. The van der Waals surface area contributed by atoms with Gasteiger partial charge in [-0.15, -0.1) is 0 Å². The second kappa shape index (κ2) is 8.16. The minimum absolute atomic E-state index is 0.263. The van der Waals surface area contributed by atoms with E-state index in [-0.39, 0.29) is 6.61 Å². The highest BCUT2D eigenvalue weighted by Crippen LogP contribution is 2.33. The van der Waals surface area contributed by atoms with Gasteiger partial charge in [0.05, 0.1) is 0 Å². The third kappa shape index (κ3) is 4.70. The van der Waals surface area contributed by atoms with Gasteiger partial charge in [0, 0.05) is 41.9 Å². The van der Waals surface area contributed by atoms with Crippen molar-refractivity contribution in [3.63, 3.8) is 0 Å². The quantitative estimate of drug-likeness (QED) is 0.747. The largest absolute Gasteiger partial charge is 0.396 e. The van der Waals surface area contributed by atoms with Crippen molar-refractivity contribution < 1.29 is 5.11 Å². The van der Waals surface area contributed by atoms with Gasteiger partial charge in [-0.25, -0.2) is 0 Å². The minimum Gasteiger partial charge on any atom is -0.396 e. The Morgan fingerprint density at radius 3 is 2.71 bits per heavy atom. The third-order valence-corrected chi connectivity index (χ3v) is 4.62. The molecule has 1 fully saturated rings. The summed E-state index contributed by atoms with van der Waals surface area (Å²) in [4.78, 5) is 2.50. The monoisotopic (exact) mass is 354 g/mol. The lowest BCUT2D eigenvalue weighted by Gasteiger charge is -2.40. The van der Waals surface area contributed by atoms with E-state index in [9.17, 15) is 5.11 Å². The van der Waals surface area contributed by atoms with Crippen LogP contribution < -0.4 is 10.2 Å². The Morgan fingerprint density at radius 2 is 2.14 bits per heavy atom. The van der Waals surface area contributed by atoms with E-state index in [1.807, 2.05) is 0 Å². The fourth-order valence-corrected chi connectivity index (χ4v) is 3.14. The molecule has 0 spiro atoms. The van der Waals surface area contributed by atoms with Gasteiger partial charge in [0.25, 0.3) is 0 Å². The van der Waals surface area contributed by atoms with Crippen molar-refractivity contribution in [2.45, 2.75) is 58.2 Å². The van der Waals surface area contributed by atoms with Crippen molar-refractivity contribution in [2.75, 3.05) is 18.1 Å². The van der Waals surface area contributed by atoms with Gasteiger partial charge in [0.2, 0.25) is 0 Å². The molecule has 118 valence electrons. The van der Waals surface area contributed by atoms with E-state index in [0.717, 1.165) is 24.0 Å². The minimum atomic E-state index is 0.263.